The SMILES string of the molecule is c1ccc(-c2nc(-c3cccc4oc5ccccc5c34)nc(-c3cc4ccccc4c4ccc5ccccc5c34)n2)cc1.c1ccc(-c2nc(-c3ccccc3)nc(-c3cccc(-c4cc5ccccc5c5ccc6ccccc6c45)c3)n2)cc1.c1ccc2cc(-c3nc(-c4cccc5oc6ccccc6c45)nc(-c4cc5ccccc5c5ccc6ccccc6c45)n3)ccc2c1. The Morgan fingerprint density at radius 1 is 0.121 bits per heavy atom. The van der Waals surface area contributed by atoms with Gasteiger partial charge in [0.25, 0.3) is 0 Å². The highest BCUT2D eigenvalue weighted by Gasteiger charge is 2.25. The van der Waals surface area contributed by atoms with Crippen molar-refractivity contribution in [2.75, 3.05) is 0 Å². The molecule has 614 valence electrons. The fourth-order valence-electron chi connectivity index (χ4n) is 19.3. The van der Waals surface area contributed by atoms with Crippen LogP contribution >= 0.6 is 0 Å². The number of benzene rings is 22. The second-order valence-electron chi connectivity index (χ2n) is 33.3. The maximum absolute atomic E-state index is 6.28. The molecule has 5 heterocycles. The lowest BCUT2D eigenvalue weighted by Crippen LogP contribution is -2.01. The van der Waals surface area contributed by atoms with Crippen LogP contribution in [-0.2, 0) is 0 Å². The van der Waals surface area contributed by atoms with Crippen molar-refractivity contribution in [2.24, 2.45) is 0 Å². The van der Waals surface area contributed by atoms with Crippen LogP contribution in [0.5, 0.6) is 0 Å². The molecule has 0 atom stereocenters. The zero-order valence-corrected chi connectivity index (χ0v) is 71.0. The van der Waals surface area contributed by atoms with Gasteiger partial charge in [-0.3, -0.25) is 0 Å². The van der Waals surface area contributed by atoms with Crippen molar-refractivity contribution in [1.82, 2.24) is 44.9 Å². The quantitative estimate of drug-likeness (QED) is 0.121. The Balaban J connectivity index is 0.000000107. The molecule has 0 saturated heterocycles. The maximum Gasteiger partial charge on any atom is 0.164 e. The molecule has 27 aromatic rings. The van der Waals surface area contributed by atoms with Crippen LogP contribution in [0.15, 0.2) is 452 Å². The Labute approximate surface area is 756 Å². The lowest BCUT2D eigenvalue weighted by atomic mass is 9.89. The topological polar surface area (TPSA) is 142 Å². The zero-order chi connectivity index (χ0) is 87.1. The molecule has 0 unspecified atom stereocenters. The Bertz CT molecular complexity index is 9260. The predicted octanol–water partition coefficient (Wildman–Crippen LogP) is 31.6. The summed E-state index contributed by atoms with van der Waals surface area (Å²) >= 11 is 0. The maximum atomic E-state index is 6.28. The first-order chi connectivity index (χ1) is 65.4. The molecule has 0 saturated carbocycles. The lowest BCUT2D eigenvalue weighted by molar-refractivity contribution is 0.668. The van der Waals surface area contributed by atoms with Gasteiger partial charge >= 0.3 is 0 Å². The molecule has 11 heteroatoms. The molecule has 0 aliphatic rings. The van der Waals surface area contributed by atoms with Gasteiger partial charge in [0.1, 0.15) is 22.3 Å². The van der Waals surface area contributed by atoms with Gasteiger partial charge in [-0.05, 0) is 163 Å². The fraction of sp³-hybridized carbons (Fsp3) is 0. The minimum atomic E-state index is 0.608. The van der Waals surface area contributed by atoms with Crippen LogP contribution in [-0.4, -0.2) is 44.9 Å². The van der Waals surface area contributed by atoms with E-state index in [-0.39, 0.29) is 0 Å². The largest absolute Gasteiger partial charge is 0.456 e. The molecule has 27 rings (SSSR count). The molecule has 5 aromatic heterocycles. The number of furan rings is 2. The molecule has 0 aliphatic heterocycles. The van der Waals surface area contributed by atoms with Crippen molar-refractivity contribution in [2.45, 2.75) is 0 Å². The van der Waals surface area contributed by atoms with Crippen molar-refractivity contribution in [3.63, 3.8) is 0 Å². The average molecular weight is 1680 g/mol. The van der Waals surface area contributed by atoms with Gasteiger partial charge in [-0.15, -0.1) is 0 Å². The van der Waals surface area contributed by atoms with E-state index in [1.165, 1.54) is 86.4 Å². The van der Waals surface area contributed by atoms with Crippen LogP contribution in [0.4, 0.5) is 0 Å². The standard InChI is InChI=1S/C43H25N3O.C39H23N3O.C39H25N3/c1-2-12-28-24-30(21-20-26(28)10-1)41-44-42(35-17-9-19-38-40(35)34-16-7-8-18-37(34)47-38)46-43(45-41)36-25-29-13-4-5-14-31(29)33-23-22-27-11-3-6-15-32(27)39(33)36;1-2-12-25(13-3-1)37-40-38(31-18-10-20-34-36(31)30-17-8-9-19-33(30)43-34)42-39(41-37)32-23-26-14-5-6-15-27(26)29-22-21-24-11-4-7-16-28(24)35(29)32;1-3-13-27(14-4-1)37-40-38(28-15-5-2-6-16-28)42-39(41-37)31-19-11-18-29(24-31)35-25-30-17-8-9-20-32(30)34-23-22-26-12-7-10-21-33(26)36(34)35/h1-25H;1-23H;1-25H. The van der Waals surface area contributed by atoms with Crippen molar-refractivity contribution in [1.29, 1.82) is 0 Å². The van der Waals surface area contributed by atoms with E-state index < -0.39 is 0 Å². The summed E-state index contributed by atoms with van der Waals surface area (Å²) in [7, 11) is 0. The molecule has 0 amide bonds. The minimum Gasteiger partial charge on any atom is -0.456 e. The highest BCUT2D eigenvalue weighted by molar-refractivity contribution is 6.26. The predicted molar refractivity (Wildman–Crippen MR) is 543 cm³/mol. The third-order valence-electron chi connectivity index (χ3n) is 25.5. The van der Waals surface area contributed by atoms with Crippen molar-refractivity contribution in [3.8, 4) is 114 Å². The number of rotatable bonds is 10. The van der Waals surface area contributed by atoms with E-state index in [1.54, 1.807) is 0 Å². The second kappa shape index (κ2) is 32.2. The first-order valence-electron chi connectivity index (χ1n) is 44.3. The molecule has 0 fully saturated rings. The van der Waals surface area contributed by atoms with Gasteiger partial charge in [-0.25, -0.2) is 44.9 Å². The van der Waals surface area contributed by atoms with E-state index in [0.717, 1.165) is 126 Å². The second-order valence-corrected chi connectivity index (χ2v) is 33.3. The number of fused-ring (bicyclic) bond motifs is 22. The molecule has 0 aliphatic carbocycles. The van der Waals surface area contributed by atoms with E-state index in [2.05, 4.69) is 291 Å². The number of nitrogens with zero attached hydrogens (tertiary/aromatic N) is 9. The van der Waals surface area contributed by atoms with Gasteiger partial charge in [-0.2, -0.15) is 0 Å². The Morgan fingerprint density at radius 3 is 0.818 bits per heavy atom. The minimum absolute atomic E-state index is 0.608. The molecule has 0 spiro atoms. The summed E-state index contributed by atoms with van der Waals surface area (Å²) in [5.41, 5.74) is 14.1. The van der Waals surface area contributed by atoms with Gasteiger partial charge in [0, 0.05) is 82.4 Å². The van der Waals surface area contributed by atoms with Crippen molar-refractivity contribution < 1.29 is 8.83 Å². The number of aromatic nitrogens is 9. The van der Waals surface area contributed by atoms with Crippen molar-refractivity contribution in [3.05, 3.63) is 443 Å². The number of para-hydroxylation sites is 2. The summed E-state index contributed by atoms with van der Waals surface area (Å²) in [6, 6.07) is 154. The normalized spacial score (nSPS) is 11.6. The number of hydrogen-bond donors (Lipinski definition) is 0. The summed E-state index contributed by atoms with van der Waals surface area (Å²) in [6.45, 7) is 0. The highest BCUT2D eigenvalue weighted by Crippen LogP contribution is 2.47. The van der Waals surface area contributed by atoms with Gasteiger partial charge in [0.15, 0.2) is 52.4 Å². The van der Waals surface area contributed by atoms with Crippen LogP contribution in [0.3, 0.4) is 0 Å². The average Bonchev–Trinajstić information content (AvgIpc) is 0.886. The Hall–Kier alpha value is -17.9. The van der Waals surface area contributed by atoms with Crippen LogP contribution < -0.4 is 0 Å². The van der Waals surface area contributed by atoms with E-state index in [1.807, 2.05) is 152 Å². The van der Waals surface area contributed by atoms with Gasteiger partial charge < -0.3 is 8.83 Å². The van der Waals surface area contributed by atoms with Gasteiger partial charge in [0.2, 0.25) is 0 Å². The molecule has 0 N–H and O–H groups in total. The summed E-state index contributed by atoms with van der Waals surface area (Å²) < 4.78 is 12.5. The molecular formula is C121H73N9O2. The first-order valence-corrected chi connectivity index (χ1v) is 44.3. The molecule has 11 nitrogen and oxygen atoms in total. The van der Waals surface area contributed by atoms with Crippen LogP contribution in [0.1, 0.15) is 0 Å². The third-order valence-corrected chi connectivity index (χ3v) is 25.5. The Kier molecular flexibility index (Phi) is 18.7. The van der Waals surface area contributed by atoms with Crippen molar-refractivity contribution >= 4 is 152 Å². The molecule has 0 bridgehead atoms. The van der Waals surface area contributed by atoms with Gasteiger partial charge in [-0.1, -0.05) is 388 Å². The summed E-state index contributed by atoms with van der Waals surface area (Å²) in [6.07, 6.45) is 0. The first kappa shape index (κ1) is 76.5. The molecule has 22 aromatic carbocycles. The summed E-state index contributed by atoms with van der Waals surface area (Å²) in [5.74, 6) is 5.72. The molecular weight excluding hydrogens is 1610 g/mol. The van der Waals surface area contributed by atoms with E-state index in [0.29, 0.717) is 52.4 Å². The highest BCUT2D eigenvalue weighted by atomic mass is 16.3. The van der Waals surface area contributed by atoms with Crippen LogP contribution in [0, 0.1) is 0 Å². The van der Waals surface area contributed by atoms with Crippen LogP contribution in [0.25, 0.3) is 265 Å². The smallest absolute Gasteiger partial charge is 0.164 e. The number of hydrogen-bond acceptors (Lipinski definition) is 11. The summed E-state index contributed by atoms with van der Waals surface area (Å²) in [4.78, 5) is 46.0. The molecule has 132 heavy (non-hydrogen) atoms. The third kappa shape index (κ3) is 13.6. The van der Waals surface area contributed by atoms with E-state index >= 15 is 0 Å². The lowest BCUT2D eigenvalue weighted by Gasteiger charge is -2.15. The van der Waals surface area contributed by atoms with E-state index in [4.69, 9.17) is 53.7 Å². The van der Waals surface area contributed by atoms with Gasteiger partial charge in [0.05, 0.1) is 0 Å². The monoisotopic (exact) mass is 1680 g/mol. The van der Waals surface area contributed by atoms with E-state index in [9.17, 15) is 0 Å². The zero-order valence-electron chi connectivity index (χ0n) is 71.0. The van der Waals surface area contributed by atoms with Crippen LogP contribution in [0.2, 0.25) is 0 Å². The fourth-order valence-corrected chi connectivity index (χ4v) is 19.3. The summed E-state index contributed by atoms with van der Waals surface area (Å²) in [5, 5.41) is 27.9. The molecule has 0 radical (unpaired) electrons. The Morgan fingerprint density at radius 2 is 0.394 bits per heavy atom.